The van der Waals surface area contributed by atoms with Crippen LogP contribution in [0.15, 0.2) is 17.2 Å². The molecular weight excluding hydrogens is 162 g/mol. The monoisotopic (exact) mass is 166 g/mol. The molecule has 0 atom stereocenters. The Labute approximate surface area is 66.8 Å². The minimum absolute atomic E-state index is 0.641. The quantitative estimate of drug-likeness (QED) is 0.574. The zero-order chi connectivity index (χ0) is 7.68. The lowest BCUT2D eigenvalue weighted by molar-refractivity contribution is 0.703. The molecule has 2 rings (SSSR count). The molecule has 2 aromatic heterocycles. The van der Waals surface area contributed by atoms with Crippen LogP contribution in [0.25, 0.3) is 5.65 Å². The average molecular weight is 166 g/mol. The summed E-state index contributed by atoms with van der Waals surface area (Å²) in [6.07, 6.45) is 3.62. The highest BCUT2D eigenvalue weighted by atomic mass is 32.2. The van der Waals surface area contributed by atoms with E-state index in [0.29, 0.717) is 5.65 Å². The van der Waals surface area contributed by atoms with Gasteiger partial charge in [0.1, 0.15) is 5.03 Å². The SMILES string of the molecule is [CH2]Sc1ccc2nnnn2n1. The smallest absolute Gasteiger partial charge is 0.140 e. The van der Waals surface area contributed by atoms with Crippen molar-refractivity contribution in [1.82, 2.24) is 25.3 Å². The normalized spacial score (nSPS) is 10.6. The second kappa shape index (κ2) is 2.46. The first-order chi connectivity index (χ1) is 5.40. The fourth-order valence-corrected chi connectivity index (χ4v) is 1.01. The zero-order valence-corrected chi connectivity index (χ0v) is 6.32. The summed E-state index contributed by atoms with van der Waals surface area (Å²) >= 11 is 1.31. The Morgan fingerprint density at radius 2 is 2.36 bits per heavy atom. The van der Waals surface area contributed by atoms with Gasteiger partial charge in [-0.2, -0.15) is 0 Å². The minimum Gasteiger partial charge on any atom is -0.140 e. The summed E-state index contributed by atoms with van der Waals surface area (Å²) in [4.78, 5) is 0. The highest BCUT2D eigenvalue weighted by Crippen LogP contribution is 2.11. The predicted octanol–water partition coefficient (Wildman–Crippen LogP) is 0.403. The highest BCUT2D eigenvalue weighted by molar-refractivity contribution is 8.00. The molecule has 0 saturated carbocycles. The van der Waals surface area contributed by atoms with E-state index in [1.54, 1.807) is 6.07 Å². The summed E-state index contributed by atoms with van der Waals surface area (Å²) in [5.41, 5.74) is 0.641. The van der Waals surface area contributed by atoms with Gasteiger partial charge in [-0.05, 0) is 22.6 Å². The van der Waals surface area contributed by atoms with Crippen LogP contribution in [0.1, 0.15) is 0 Å². The second-order valence-electron chi connectivity index (χ2n) is 1.84. The maximum absolute atomic E-state index is 4.03. The zero-order valence-electron chi connectivity index (χ0n) is 5.51. The van der Waals surface area contributed by atoms with E-state index < -0.39 is 0 Å². The van der Waals surface area contributed by atoms with Crippen molar-refractivity contribution in [3.8, 4) is 0 Å². The molecule has 1 radical (unpaired) electrons. The Balaban J connectivity index is 2.67. The Hall–Kier alpha value is -1.17. The van der Waals surface area contributed by atoms with Gasteiger partial charge >= 0.3 is 0 Å². The lowest BCUT2D eigenvalue weighted by Gasteiger charge is -1.91. The molecule has 0 unspecified atom stereocenters. The summed E-state index contributed by atoms with van der Waals surface area (Å²) < 4.78 is 1.37. The van der Waals surface area contributed by atoms with Crippen molar-refractivity contribution in [1.29, 1.82) is 0 Å². The van der Waals surface area contributed by atoms with Crippen LogP contribution in [0.3, 0.4) is 0 Å². The Bertz CT molecular complexity index is 370. The van der Waals surface area contributed by atoms with Crippen LogP contribution >= 0.6 is 11.8 Å². The maximum atomic E-state index is 4.03. The largest absolute Gasteiger partial charge is 0.200 e. The highest BCUT2D eigenvalue weighted by Gasteiger charge is 1.97. The molecule has 0 aromatic carbocycles. The number of hydrogen-bond donors (Lipinski definition) is 0. The van der Waals surface area contributed by atoms with Gasteiger partial charge in [0.15, 0.2) is 5.65 Å². The van der Waals surface area contributed by atoms with Crippen molar-refractivity contribution in [2.24, 2.45) is 0 Å². The summed E-state index contributed by atoms with van der Waals surface area (Å²) in [5.74, 6) is 0. The standard InChI is InChI=1S/C5H4N5S/c1-11-5-3-2-4-6-8-9-10(4)7-5/h2-3H,1H2. The minimum atomic E-state index is 0.641. The van der Waals surface area contributed by atoms with E-state index in [1.165, 1.54) is 16.4 Å². The molecule has 0 spiro atoms. The van der Waals surface area contributed by atoms with Crippen LogP contribution in [0.5, 0.6) is 0 Å². The van der Waals surface area contributed by atoms with Gasteiger partial charge in [-0.25, -0.2) is 0 Å². The number of fused-ring (bicyclic) bond motifs is 1. The average Bonchev–Trinajstić information content (AvgIpc) is 2.50. The summed E-state index contributed by atoms with van der Waals surface area (Å²) in [5, 5.41) is 15.6. The number of tetrazole rings is 1. The lowest BCUT2D eigenvalue weighted by Crippen LogP contribution is -1.94. The summed E-state index contributed by atoms with van der Waals surface area (Å²) in [6, 6.07) is 3.61. The van der Waals surface area contributed by atoms with E-state index in [9.17, 15) is 0 Å². The van der Waals surface area contributed by atoms with Crippen LogP contribution in [0.4, 0.5) is 0 Å². The van der Waals surface area contributed by atoms with Gasteiger partial charge in [-0.15, -0.1) is 26.6 Å². The van der Waals surface area contributed by atoms with Gasteiger partial charge in [-0.3, -0.25) is 0 Å². The molecule has 0 aliphatic heterocycles. The van der Waals surface area contributed by atoms with Crippen molar-refractivity contribution in [3.05, 3.63) is 18.4 Å². The van der Waals surface area contributed by atoms with E-state index in [0.717, 1.165) is 5.03 Å². The molecule has 0 saturated heterocycles. The predicted molar refractivity (Wildman–Crippen MR) is 39.8 cm³/mol. The molecule has 11 heavy (non-hydrogen) atoms. The molecule has 0 aliphatic rings. The van der Waals surface area contributed by atoms with Gasteiger partial charge in [0, 0.05) is 6.26 Å². The van der Waals surface area contributed by atoms with Crippen molar-refractivity contribution in [2.75, 3.05) is 0 Å². The van der Waals surface area contributed by atoms with E-state index >= 15 is 0 Å². The first-order valence-electron chi connectivity index (χ1n) is 2.87. The van der Waals surface area contributed by atoms with Gasteiger partial charge in [0.25, 0.3) is 0 Å². The molecule has 0 aliphatic carbocycles. The number of aromatic nitrogens is 5. The lowest BCUT2D eigenvalue weighted by atomic mass is 10.6. The first kappa shape index (κ1) is 6.53. The van der Waals surface area contributed by atoms with Gasteiger partial charge in [-0.1, -0.05) is 0 Å². The molecule has 6 heteroatoms. The van der Waals surface area contributed by atoms with E-state index in [2.05, 4.69) is 26.9 Å². The number of thioether (sulfide) groups is 1. The van der Waals surface area contributed by atoms with Crippen LogP contribution in [0, 0.1) is 6.26 Å². The number of rotatable bonds is 1. The Morgan fingerprint density at radius 3 is 3.18 bits per heavy atom. The Morgan fingerprint density at radius 1 is 1.45 bits per heavy atom. The second-order valence-corrected chi connectivity index (χ2v) is 2.55. The molecule has 2 aromatic rings. The van der Waals surface area contributed by atoms with Crippen LogP contribution in [0.2, 0.25) is 0 Å². The van der Waals surface area contributed by atoms with Crippen LogP contribution < -0.4 is 0 Å². The van der Waals surface area contributed by atoms with Crippen molar-refractivity contribution < 1.29 is 0 Å². The van der Waals surface area contributed by atoms with Gasteiger partial charge < -0.3 is 0 Å². The molecule has 0 fully saturated rings. The van der Waals surface area contributed by atoms with Gasteiger partial charge in [0.05, 0.1) is 0 Å². The van der Waals surface area contributed by atoms with E-state index in [1.807, 2.05) is 6.07 Å². The molecule has 0 N–H and O–H groups in total. The fraction of sp³-hybridized carbons (Fsp3) is 0. The topological polar surface area (TPSA) is 56.0 Å². The molecule has 55 valence electrons. The summed E-state index contributed by atoms with van der Waals surface area (Å²) in [6.45, 7) is 0. The van der Waals surface area contributed by atoms with E-state index in [4.69, 9.17) is 0 Å². The third kappa shape index (κ3) is 1.05. The third-order valence-electron chi connectivity index (χ3n) is 1.19. The first-order valence-corrected chi connectivity index (χ1v) is 3.86. The molecule has 0 bridgehead atoms. The van der Waals surface area contributed by atoms with Crippen LogP contribution in [-0.4, -0.2) is 25.3 Å². The maximum Gasteiger partial charge on any atom is 0.200 e. The third-order valence-corrected chi connectivity index (χ3v) is 1.71. The van der Waals surface area contributed by atoms with Crippen molar-refractivity contribution >= 4 is 17.4 Å². The number of hydrogen-bond acceptors (Lipinski definition) is 5. The molecule has 0 amide bonds. The van der Waals surface area contributed by atoms with Crippen LogP contribution in [-0.2, 0) is 0 Å². The number of nitrogens with zero attached hydrogens (tertiary/aromatic N) is 5. The van der Waals surface area contributed by atoms with Crippen molar-refractivity contribution in [2.45, 2.75) is 5.03 Å². The molecular formula is C5H4N5S. The fourth-order valence-electron chi connectivity index (χ4n) is 0.710. The Kier molecular flexibility index (Phi) is 1.46. The van der Waals surface area contributed by atoms with E-state index in [-0.39, 0.29) is 0 Å². The molecule has 5 nitrogen and oxygen atoms in total. The molecule has 2 heterocycles. The van der Waals surface area contributed by atoms with Gasteiger partial charge in [0.2, 0.25) is 0 Å². The van der Waals surface area contributed by atoms with Crippen molar-refractivity contribution in [3.63, 3.8) is 0 Å². The summed E-state index contributed by atoms with van der Waals surface area (Å²) in [7, 11) is 0.